The molecule has 0 spiro atoms. The molecule has 1 aliphatic rings. The molecule has 0 aliphatic carbocycles. The van der Waals surface area contributed by atoms with E-state index in [2.05, 4.69) is 28.8 Å². The van der Waals surface area contributed by atoms with Crippen molar-refractivity contribution in [2.75, 3.05) is 25.0 Å². The highest BCUT2D eigenvalue weighted by Gasteiger charge is 2.16. The van der Waals surface area contributed by atoms with Crippen LogP contribution in [0.4, 0.5) is 10.5 Å². The SMILES string of the molecule is CCOC(=O)Nc1ccc(C(=O)NCc2ccccc2C[NH+]2CCCCC2)cc1. The predicted octanol–water partition coefficient (Wildman–Crippen LogP) is 2.75. The maximum absolute atomic E-state index is 12.5. The molecule has 2 aromatic carbocycles. The van der Waals surface area contributed by atoms with Gasteiger partial charge in [-0.2, -0.15) is 0 Å². The molecular formula is C23H30N3O3+. The van der Waals surface area contributed by atoms with E-state index in [-0.39, 0.29) is 5.91 Å². The Morgan fingerprint density at radius 3 is 2.34 bits per heavy atom. The molecular weight excluding hydrogens is 366 g/mol. The van der Waals surface area contributed by atoms with Crippen LogP contribution in [0, 0.1) is 0 Å². The Kier molecular flexibility index (Phi) is 7.64. The zero-order valence-corrected chi connectivity index (χ0v) is 17.0. The molecule has 2 amide bonds. The van der Waals surface area contributed by atoms with Crippen molar-refractivity contribution in [2.24, 2.45) is 0 Å². The van der Waals surface area contributed by atoms with Crippen molar-refractivity contribution in [2.45, 2.75) is 39.3 Å². The van der Waals surface area contributed by atoms with Crippen molar-refractivity contribution in [3.05, 3.63) is 65.2 Å². The molecule has 6 nitrogen and oxygen atoms in total. The van der Waals surface area contributed by atoms with Gasteiger partial charge >= 0.3 is 6.09 Å². The molecule has 0 bridgehead atoms. The largest absolute Gasteiger partial charge is 0.450 e. The van der Waals surface area contributed by atoms with E-state index in [0.717, 1.165) is 6.54 Å². The van der Waals surface area contributed by atoms with Crippen LogP contribution in [0.1, 0.15) is 47.7 Å². The van der Waals surface area contributed by atoms with Crippen molar-refractivity contribution < 1.29 is 19.2 Å². The fourth-order valence-corrected chi connectivity index (χ4v) is 3.67. The number of nitrogens with one attached hydrogen (secondary N) is 3. The molecule has 1 heterocycles. The lowest BCUT2D eigenvalue weighted by Gasteiger charge is -2.24. The minimum Gasteiger partial charge on any atom is -0.450 e. The molecule has 1 saturated heterocycles. The summed E-state index contributed by atoms with van der Waals surface area (Å²) in [5, 5.41) is 5.63. The molecule has 6 heteroatoms. The van der Waals surface area contributed by atoms with E-state index in [4.69, 9.17) is 4.74 Å². The minimum absolute atomic E-state index is 0.132. The molecule has 3 rings (SSSR count). The van der Waals surface area contributed by atoms with Gasteiger partial charge in [0.15, 0.2) is 0 Å². The Balaban J connectivity index is 1.55. The van der Waals surface area contributed by atoms with E-state index in [9.17, 15) is 9.59 Å². The smallest absolute Gasteiger partial charge is 0.411 e. The Morgan fingerprint density at radius 2 is 1.66 bits per heavy atom. The molecule has 0 aromatic heterocycles. The third-order valence-electron chi connectivity index (χ3n) is 5.23. The molecule has 1 aliphatic heterocycles. The lowest BCUT2D eigenvalue weighted by atomic mass is 10.0. The average Bonchev–Trinajstić information content (AvgIpc) is 2.74. The van der Waals surface area contributed by atoms with Gasteiger partial charge in [-0.1, -0.05) is 24.3 Å². The first-order chi connectivity index (χ1) is 14.2. The van der Waals surface area contributed by atoms with Gasteiger partial charge < -0.3 is 15.0 Å². The number of carbonyl (C=O) groups is 2. The second-order valence-electron chi connectivity index (χ2n) is 7.36. The normalized spacial score (nSPS) is 14.2. The van der Waals surface area contributed by atoms with Crippen LogP contribution in [-0.2, 0) is 17.8 Å². The number of quaternary nitrogens is 1. The Morgan fingerprint density at radius 1 is 0.966 bits per heavy atom. The molecule has 0 atom stereocenters. The van der Waals surface area contributed by atoms with Gasteiger partial charge in [-0.15, -0.1) is 0 Å². The van der Waals surface area contributed by atoms with Gasteiger partial charge in [-0.3, -0.25) is 10.1 Å². The number of ether oxygens (including phenoxy) is 1. The van der Waals surface area contributed by atoms with Crippen LogP contribution in [0.5, 0.6) is 0 Å². The van der Waals surface area contributed by atoms with E-state index in [1.807, 2.05) is 6.07 Å². The summed E-state index contributed by atoms with van der Waals surface area (Å²) in [6.07, 6.45) is 3.44. The molecule has 1 fully saturated rings. The average molecular weight is 397 g/mol. The van der Waals surface area contributed by atoms with E-state index < -0.39 is 6.09 Å². The first kappa shape index (κ1) is 20.9. The second-order valence-corrected chi connectivity index (χ2v) is 7.36. The number of piperidine rings is 1. The van der Waals surface area contributed by atoms with Gasteiger partial charge in [0.1, 0.15) is 6.54 Å². The van der Waals surface area contributed by atoms with Crippen LogP contribution in [0.25, 0.3) is 0 Å². The van der Waals surface area contributed by atoms with Crippen LogP contribution in [-0.4, -0.2) is 31.7 Å². The summed E-state index contributed by atoms with van der Waals surface area (Å²) >= 11 is 0. The second kappa shape index (κ2) is 10.6. The molecule has 0 unspecified atom stereocenters. The topological polar surface area (TPSA) is 71.9 Å². The predicted molar refractivity (Wildman–Crippen MR) is 113 cm³/mol. The Labute approximate surface area is 172 Å². The lowest BCUT2D eigenvalue weighted by molar-refractivity contribution is -0.918. The van der Waals surface area contributed by atoms with Gasteiger partial charge in [0.2, 0.25) is 0 Å². The summed E-state index contributed by atoms with van der Waals surface area (Å²) in [5.74, 6) is -0.132. The zero-order chi connectivity index (χ0) is 20.5. The van der Waals surface area contributed by atoms with Crippen molar-refractivity contribution >= 4 is 17.7 Å². The van der Waals surface area contributed by atoms with Gasteiger partial charge in [-0.05, 0) is 56.0 Å². The van der Waals surface area contributed by atoms with Crippen molar-refractivity contribution in [3.8, 4) is 0 Å². The summed E-state index contributed by atoms with van der Waals surface area (Å²) in [6.45, 7) is 6.04. The number of benzene rings is 2. The molecule has 0 saturated carbocycles. The maximum atomic E-state index is 12.5. The van der Waals surface area contributed by atoms with Crippen LogP contribution in [0.3, 0.4) is 0 Å². The van der Waals surface area contributed by atoms with Gasteiger partial charge in [0.05, 0.1) is 19.7 Å². The van der Waals surface area contributed by atoms with Crippen LogP contribution < -0.4 is 15.5 Å². The number of rotatable bonds is 7. The fraction of sp³-hybridized carbons (Fsp3) is 0.391. The number of carbonyl (C=O) groups excluding carboxylic acids is 2. The zero-order valence-electron chi connectivity index (χ0n) is 17.0. The highest BCUT2D eigenvalue weighted by molar-refractivity contribution is 5.95. The number of hydrogen-bond acceptors (Lipinski definition) is 3. The Hall–Kier alpha value is -2.86. The van der Waals surface area contributed by atoms with Gasteiger partial charge in [0, 0.05) is 23.4 Å². The molecule has 2 aromatic rings. The third kappa shape index (κ3) is 6.32. The van der Waals surface area contributed by atoms with E-state index >= 15 is 0 Å². The van der Waals surface area contributed by atoms with E-state index in [1.165, 1.54) is 43.5 Å². The maximum Gasteiger partial charge on any atom is 0.411 e. The first-order valence-corrected chi connectivity index (χ1v) is 10.4. The van der Waals surface area contributed by atoms with Gasteiger partial charge in [0.25, 0.3) is 5.91 Å². The number of hydrogen-bond donors (Lipinski definition) is 3. The number of likely N-dealkylation sites (tertiary alicyclic amines) is 1. The van der Waals surface area contributed by atoms with Crippen molar-refractivity contribution in [3.63, 3.8) is 0 Å². The summed E-state index contributed by atoms with van der Waals surface area (Å²) < 4.78 is 4.85. The first-order valence-electron chi connectivity index (χ1n) is 10.4. The van der Waals surface area contributed by atoms with Crippen LogP contribution in [0.15, 0.2) is 48.5 Å². The molecule has 3 N–H and O–H groups in total. The fourth-order valence-electron chi connectivity index (χ4n) is 3.67. The quantitative estimate of drug-likeness (QED) is 0.674. The summed E-state index contributed by atoms with van der Waals surface area (Å²) in [6, 6.07) is 15.1. The summed E-state index contributed by atoms with van der Waals surface area (Å²) in [7, 11) is 0. The number of amides is 2. The molecule has 29 heavy (non-hydrogen) atoms. The van der Waals surface area contributed by atoms with Crippen LogP contribution >= 0.6 is 0 Å². The van der Waals surface area contributed by atoms with E-state index in [1.54, 1.807) is 36.1 Å². The molecule has 154 valence electrons. The molecule has 0 radical (unpaired) electrons. The highest BCUT2D eigenvalue weighted by atomic mass is 16.5. The van der Waals surface area contributed by atoms with Gasteiger partial charge in [-0.25, -0.2) is 4.79 Å². The minimum atomic E-state index is -0.503. The van der Waals surface area contributed by atoms with Crippen molar-refractivity contribution in [1.82, 2.24) is 5.32 Å². The van der Waals surface area contributed by atoms with Crippen molar-refractivity contribution in [1.29, 1.82) is 0 Å². The monoisotopic (exact) mass is 396 g/mol. The highest BCUT2D eigenvalue weighted by Crippen LogP contribution is 2.12. The van der Waals surface area contributed by atoms with Crippen LogP contribution in [0.2, 0.25) is 0 Å². The summed E-state index contributed by atoms with van der Waals surface area (Å²) in [4.78, 5) is 25.6. The summed E-state index contributed by atoms with van der Waals surface area (Å²) in [5.41, 5.74) is 3.62. The Bertz CT molecular complexity index is 814. The lowest BCUT2D eigenvalue weighted by Crippen LogP contribution is -3.11. The third-order valence-corrected chi connectivity index (χ3v) is 5.23. The number of anilines is 1. The standard InChI is InChI=1S/C23H29N3O3/c1-2-29-23(28)25-21-12-10-18(11-13-21)22(27)24-16-19-8-4-5-9-20(19)17-26-14-6-3-7-15-26/h4-5,8-13H,2-3,6-7,14-17H2,1H3,(H,24,27)(H,25,28)/p+1. The van der Waals surface area contributed by atoms with E-state index in [0.29, 0.717) is 24.4 Å².